The van der Waals surface area contributed by atoms with Crippen LogP contribution in [0.15, 0.2) is 65.8 Å². The van der Waals surface area contributed by atoms with Crippen molar-refractivity contribution in [2.24, 2.45) is 0 Å². The van der Waals surface area contributed by atoms with Crippen molar-refractivity contribution < 1.29 is 13.2 Å². The van der Waals surface area contributed by atoms with E-state index in [0.717, 1.165) is 11.3 Å². The Labute approximate surface area is 170 Å². The Morgan fingerprint density at radius 2 is 1.76 bits per heavy atom. The first-order valence-corrected chi connectivity index (χ1v) is 11.0. The van der Waals surface area contributed by atoms with Crippen molar-refractivity contribution in [2.75, 3.05) is 36.9 Å². The Morgan fingerprint density at radius 3 is 2.45 bits per heavy atom. The minimum atomic E-state index is -3.54. The maximum atomic E-state index is 13.2. The average molecular weight is 410 g/mol. The molecular weight excluding hydrogens is 388 g/mol. The summed E-state index contributed by atoms with van der Waals surface area (Å²) in [5.41, 5.74) is 8.49. The molecule has 0 bridgehead atoms. The Kier molecular flexibility index (Phi) is 5.46. The molecule has 1 aromatic heterocycles. The predicted molar refractivity (Wildman–Crippen MR) is 112 cm³/mol. The number of aromatic nitrogens is 2. The molecule has 0 saturated carbocycles. The molecule has 150 valence electrons. The number of morpholine rings is 1. The quantitative estimate of drug-likeness (QED) is 0.690. The number of hydrogen-bond donors (Lipinski definition) is 1. The van der Waals surface area contributed by atoms with Crippen LogP contribution in [-0.2, 0) is 20.3 Å². The van der Waals surface area contributed by atoms with Crippen LogP contribution in [0.25, 0.3) is 11.3 Å². The van der Waals surface area contributed by atoms with Gasteiger partial charge in [0.05, 0.1) is 41.9 Å². The molecule has 8 heteroatoms. The highest BCUT2D eigenvalue weighted by Gasteiger charge is 2.21. The lowest BCUT2D eigenvalue weighted by Gasteiger charge is -2.29. The molecule has 1 aliphatic rings. The molecule has 0 unspecified atom stereocenters. The lowest BCUT2D eigenvalue weighted by atomic mass is 10.1. The summed E-state index contributed by atoms with van der Waals surface area (Å²) in [5.74, 6) is 0.253. The summed E-state index contributed by atoms with van der Waals surface area (Å²) in [6, 6.07) is 14.5. The van der Waals surface area contributed by atoms with E-state index in [1.54, 1.807) is 18.3 Å². The highest BCUT2D eigenvalue weighted by molar-refractivity contribution is 7.90. The molecular formula is C21H22N4O3S. The number of hydrogen-bond acceptors (Lipinski definition) is 7. The van der Waals surface area contributed by atoms with Crippen molar-refractivity contribution in [3.63, 3.8) is 0 Å². The van der Waals surface area contributed by atoms with Crippen molar-refractivity contribution in [3.8, 4) is 11.3 Å². The fraction of sp³-hybridized carbons (Fsp3) is 0.238. The molecule has 1 aliphatic heterocycles. The van der Waals surface area contributed by atoms with E-state index in [2.05, 4.69) is 14.9 Å². The predicted octanol–water partition coefficient (Wildman–Crippen LogP) is 2.54. The highest BCUT2D eigenvalue weighted by atomic mass is 32.2. The van der Waals surface area contributed by atoms with Gasteiger partial charge in [-0.05, 0) is 23.8 Å². The summed E-state index contributed by atoms with van der Waals surface area (Å²) in [4.78, 5) is 10.8. The van der Waals surface area contributed by atoms with Crippen molar-refractivity contribution in [2.45, 2.75) is 10.6 Å². The largest absolute Gasteiger partial charge is 0.382 e. The first kappa shape index (κ1) is 19.4. The van der Waals surface area contributed by atoms with Crippen LogP contribution in [0.4, 0.5) is 11.5 Å². The summed E-state index contributed by atoms with van der Waals surface area (Å²) in [7, 11) is -3.54. The van der Waals surface area contributed by atoms with Gasteiger partial charge in [0.15, 0.2) is 9.84 Å². The number of benzene rings is 2. The molecule has 3 aromatic rings. The Morgan fingerprint density at radius 1 is 1.00 bits per heavy atom. The van der Waals surface area contributed by atoms with Gasteiger partial charge in [0.1, 0.15) is 5.82 Å². The zero-order valence-corrected chi connectivity index (χ0v) is 16.7. The van der Waals surface area contributed by atoms with Gasteiger partial charge in [-0.25, -0.2) is 13.4 Å². The molecule has 0 amide bonds. The monoisotopic (exact) mass is 410 g/mol. The number of sulfone groups is 1. The zero-order chi connectivity index (χ0) is 20.3. The molecule has 0 spiro atoms. The SMILES string of the molecule is Nc1cnc(-c2cc(N3CCOCC3)cc(S(=O)(=O)Cc3ccccc3)c2)cn1. The molecule has 2 aromatic carbocycles. The second-order valence-corrected chi connectivity index (χ2v) is 8.88. The molecule has 1 fully saturated rings. The smallest absolute Gasteiger partial charge is 0.182 e. The van der Waals surface area contributed by atoms with E-state index >= 15 is 0 Å². The van der Waals surface area contributed by atoms with Crippen LogP contribution < -0.4 is 10.6 Å². The fourth-order valence-electron chi connectivity index (χ4n) is 3.28. The van der Waals surface area contributed by atoms with Gasteiger partial charge in [0, 0.05) is 24.3 Å². The molecule has 4 rings (SSSR count). The summed E-state index contributed by atoms with van der Waals surface area (Å²) in [6.45, 7) is 2.63. The minimum Gasteiger partial charge on any atom is -0.382 e. The van der Waals surface area contributed by atoms with Crippen LogP contribution in [0.5, 0.6) is 0 Å². The Balaban J connectivity index is 1.77. The zero-order valence-electron chi connectivity index (χ0n) is 15.9. The Bertz CT molecular complexity index is 1080. The number of nitrogens with zero attached hydrogens (tertiary/aromatic N) is 3. The highest BCUT2D eigenvalue weighted by Crippen LogP contribution is 2.30. The van der Waals surface area contributed by atoms with Crippen LogP contribution >= 0.6 is 0 Å². The van der Waals surface area contributed by atoms with Gasteiger partial charge in [0.2, 0.25) is 0 Å². The van der Waals surface area contributed by atoms with Gasteiger partial charge in [-0.1, -0.05) is 30.3 Å². The molecule has 29 heavy (non-hydrogen) atoms. The van der Waals surface area contributed by atoms with E-state index < -0.39 is 9.84 Å². The third-order valence-electron chi connectivity index (χ3n) is 4.79. The van der Waals surface area contributed by atoms with Gasteiger partial charge in [-0.3, -0.25) is 4.98 Å². The van der Waals surface area contributed by atoms with E-state index in [0.29, 0.717) is 43.4 Å². The lowest BCUT2D eigenvalue weighted by Crippen LogP contribution is -2.36. The fourth-order valence-corrected chi connectivity index (χ4v) is 4.68. The van der Waals surface area contributed by atoms with Gasteiger partial charge < -0.3 is 15.4 Å². The van der Waals surface area contributed by atoms with Crippen LogP contribution in [0, 0.1) is 0 Å². The van der Waals surface area contributed by atoms with E-state index in [4.69, 9.17) is 10.5 Å². The number of ether oxygens (including phenoxy) is 1. The molecule has 2 N–H and O–H groups in total. The van der Waals surface area contributed by atoms with Crippen LogP contribution in [-0.4, -0.2) is 44.7 Å². The number of rotatable bonds is 5. The molecule has 0 atom stereocenters. The second-order valence-electron chi connectivity index (χ2n) is 6.89. The van der Waals surface area contributed by atoms with E-state index in [9.17, 15) is 8.42 Å². The van der Waals surface area contributed by atoms with Crippen molar-refractivity contribution in [1.82, 2.24) is 9.97 Å². The van der Waals surface area contributed by atoms with Crippen molar-refractivity contribution >= 4 is 21.3 Å². The average Bonchev–Trinajstić information content (AvgIpc) is 2.75. The van der Waals surface area contributed by atoms with Gasteiger partial charge >= 0.3 is 0 Å². The third-order valence-corrected chi connectivity index (χ3v) is 6.46. The maximum Gasteiger partial charge on any atom is 0.182 e. The standard InChI is InChI=1S/C21H22N4O3S/c22-21-14-23-20(13-24-21)17-10-18(25-6-8-28-9-7-25)12-19(11-17)29(26,27)15-16-4-2-1-3-5-16/h1-5,10-14H,6-9,15H2,(H2,22,24). The first-order chi connectivity index (χ1) is 14.0. The summed E-state index contributed by atoms with van der Waals surface area (Å²) in [6.07, 6.45) is 3.02. The second kappa shape index (κ2) is 8.18. The normalized spacial score (nSPS) is 14.7. The van der Waals surface area contributed by atoms with Crippen molar-refractivity contribution in [3.05, 3.63) is 66.5 Å². The molecule has 0 aliphatic carbocycles. The van der Waals surface area contributed by atoms with E-state index in [1.807, 2.05) is 36.4 Å². The van der Waals surface area contributed by atoms with E-state index in [1.165, 1.54) is 6.20 Å². The van der Waals surface area contributed by atoms with Gasteiger partial charge in [0.25, 0.3) is 0 Å². The minimum absolute atomic E-state index is 0.0622. The molecule has 0 radical (unpaired) electrons. The molecule has 1 saturated heterocycles. The summed E-state index contributed by atoms with van der Waals surface area (Å²) in [5, 5.41) is 0. The van der Waals surface area contributed by atoms with Gasteiger partial charge in [-0.15, -0.1) is 0 Å². The lowest BCUT2D eigenvalue weighted by molar-refractivity contribution is 0.122. The van der Waals surface area contributed by atoms with Crippen molar-refractivity contribution in [1.29, 1.82) is 0 Å². The number of nitrogens with two attached hydrogens (primary N) is 1. The van der Waals surface area contributed by atoms with Crippen LogP contribution in [0.3, 0.4) is 0 Å². The van der Waals surface area contributed by atoms with Gasteiger partial charge in [-0.2, -0.15) is 0 Å². The number of nitrogen functional groups attached to an aromatic ring is 1. The number of anilines is 2. The van der Waals surface area contributed by atoms with E-state index in [-0.39, 0.29) is 10.6 Å². The molecule has 7 nitrogen and oxygen atoms in total. The van der Waals surface area contributed by atoms with Crippen LogP contribution in [0.1, 0.15) is 5.56 Å². The maximum absolute atomic E-state index is 13.2. The molecule has 2 heterocycles. The third kappa shape index (κ3) is 4.55. The first-order valence-electron chi connectivity index (χ1n) is 9.34. The Hall–Kier alpha value is -2.97. The summed E-state index contributed by atoms with van der Waals surface area (Å²) >= 11 is 0. The van der Waals surface area contributed by atoms with Crippen LogP contribution in [0.2, 0.25) is 0 Å². The summed E-state index contributed by atoms with van der Waals surface area (Å²) < 4.78 is 31.8. The topological polar surface area (TPSA) is 98.4 Å².